The number of likely N-dealkylation sites (tertiary alicyclic amines) is 1. The van der Waals surface area contributed by atoms with Gasteiger partial charge in [-0.15, -0.1) is 0 Å². The van der Waals surface area contributed by atoms with Gasteiger partial charge in [0.1, 0.15) is 5.70 Å². The first-order chi connectivity index (χ1) is 12.0. The van der Waals surface area contributed by atoms with Crippen molar-refractivity contribution in [1.29, 1.82) is 0 Å². The molecule has 25 heavy (non-hydrogen) atoms. The van der Waals surface area contributed by atoms with Crippen LogP contribution in [0.15, 0.2) is 36.0 Å². The Morgan fingerprint density at radius 2 is 1.88 bits per heavy atom. The number of carbonyl (C=O) groups is 2. The van der Waals surface area contributed by atoms with Crippen LogP contribution in [0.2, 0.25) is 0 Å². The van der Waals surface area contributed by atoms with Crippen molar-refractivity contribution in [2.24, 2.45) is 11.8 Å². The van der Waals surface area contributed by atoms with E-state index < -0.39 is 0 Å². The summed E-state index contributed by atoms with van der Waals surface area (Å²) in [6.07, 6.45) is 1.88. The summed E-state index contributed by atoms with van der Waals surface area (Å²) in [6.45, 7) is 5.91. The van der Waals surface area contributed by atoms with Crippen molar-refractivity contribution in [3.05, 3.63) is 41.6 Å². The van der Waals surface area contributed by atoms with Crippen LogP contribution in [0.4, 0.5) is 0 Å². The monoisotopic (exact) mass is 342 g/mol. The highest BCUT2D eigenvalue weighted by Gasteiger charge is 2.42. The highest BCUT2D eigenvalue weighted by molar-refractivity contribution is 6.35. The van der Waals surface area contributed by atoms with Gasteiger partial charge in [-0.05, 0) is 30.2 Å². The third-order valence-corrected chi connectivity index (χ3v) is 4.85. The standard InChI is InChI=1S/C20H26N2O3/c1-14(2)11-22-19(24)17(16-8-4-3-5-9-16)18(20(22)25)21-10-6-7-15(12-21)13-23/h3-5,8-9,14-15,23H,6-7,10-13H2,1-2H3. The highest BCUT2D eigenvalue weighted by Crippen LogP contribution is 2.34. The van der Waals surface area contributed by atoms with Crippen molar-refractivity contribution in [3.8, 4) is 0 Å². The molecule has 0 radical (unpaired) electrons. The van der Waals surface area contributed by atoms with E-state index >= 15 is 0 Å². The summed E-state index contributed by atoms with van der Waals surface area (Å²) in [7, 11) is 0. The lowest BCUT2D eigenvalue weighted by Crippen LogP contribution is -2.41. The quantitative estimate of drug-likeness (QED) is 0.833. The molecular formula is C20H26N2O3. The minimum absolute atomic E-state index is 0.113. The van der Waals surface area contributed by atoms with Crippen LogP contribution in [0.1, 0.15) is 32.3 Å². The van der Waals surface area contributed by atoms with Gasteiger partial charge < -0.3 is 10.0 Å². The summed E-state index contributed by atoms with van der Waals surface area (Å²) in [5, 5.41) is 9.52. The van der Waals surface area contributed by atoms with Crippen molar-refractivity contribution in [1.82, 2.24) is 9.80 Å². The number of imide groups is 1. The SMILES string of the molecule is CC(C)CN1C(=O)C(c2ccccc2)=C(N2CCCC(CO)C2)C1=O. The maximum atomic E-state index is 13.1. The van der Waals surface area contributed by atoms with Gasteiger partial charge in [-0.2, -0.15) is 0 Å². The second-order valence-corrected chi connectivity index (χ2v) is 7.34. The smallest absolute Gasteiger partial charge is 0.277 e. The molecule has 1 saturated heterocycles. The molecule has 2 aliphatic rings. The van der Waals surface area contributed by atoms with Crippen LogP contribution >= 0.6 is 0 Å². The van der Waals surface area contributed by atoms with E-state index in [1.54, 1.807) is 0 Å². The number of amides is 2. The van der Waals surface area contributed by atoms with E-state index in [0.717, 1.165) is 24.9 Å². The summed E-state index contributed by atoms with van der Waals surface area (Å²) in [5.41, 5.74) is 1.80. The minimum atomic E-state index is -0.203. The number of rotatable bonds is 5. The Morgan fingerprint density at radius 1 is 1.16 bits per heavy atom. The summed E-state index contributed by atoms with van der Waals surface area (Å²) in [6, 6.07) is 9.43. The Bertz CT molecular complexity index is 681. The molecule has 0 saturated carbocycles. The number of piperidine rings is 1. The molecule has 2 amide bonds. The van der Waals surface area contributed by atoms with Crippen LogP contribution in [0.5, 0.6) is 0 Å². The normalized spacial score (nSPS) is 21.7. The van der Waals surface area contributed by atoms with Gasteiger partial charge in [-0.25, -0.2) is 0 Å². The maximum Gasteiger partial charge on any atom is 0.277 e. The molecule has 2 aliphatic heterocycles. The van der Waals surface area contributed by atoms with E-state index in [1.165, 1.54) is 4.90 Å². The van der Waals surface area contributed by atoms with Crippen LogP contribution in [0.3, 0.4) is 0 Å². The lowest BCUT2D eigenvalue weighted by Gasteiger charge is -2.34. The molecule has 1 atom stereocenters. The molecule has 1 unspecified atom stereocenters. The van der Waals surface area contributed by atoms with Crippen LogP contribution in [-0.4, -0.2) is 53.0 Å². The second-order valence-electron chi connectivity index (χ2n) is 7.34. The third-order valence-electron chi connectivity index (χ3n) is 4.85. The first kappa shape index (κ1) is 17.7. The predicted molar refractivity (Wildman–Crippen MR) is 96.3 cm³/mol. The fourth-order valence-corrected chi connectivity index (χ4v) is 3.67. The Labute approximate surface area is 148 Å². The molecule has 3 rings (SSSR count). The van der Waals surface area contributed by atoms with Crippen molar-refractivity contribution in [2.45, 2.75) is 26.7 Å². The molecule has 0 spiro atoms. The van der Waals surface area contributed by atoms with E-state index in [2.05, 4.69) is 0 Å². The molecule has 1 N–H and O–H groups in total. The summed E-state index contributed by atoms with van der Waals surface area (Å²) < 4.78 is 0. The van der Waals surface area contributed by atoms with Crippen molar-refractivity contribution in [2.75, 3.05) is 26.2 Å². The fraction of sp³-hybridized carbons (Fsp3) is 0.500. The van der Waals surface area contributed by atoms with Crippen LogP contribution in [0.25, 0.3) is 5.57 Å². The number of carbonyl (C=O) groups excluding carboxylic acids is 2. The number of aliphatic hydroxyl groups excluding tert-OH is 1. The largest absolute Gasteiger partial charge is 0.396 e. The first-order valence-corrected chi connectivity index (χ1v) is 9.04. The maximum absolute atomic E-state index is 13.1. The summed E-state index contributed by atoms with van der Waals surface area (Å²) >= 11 is 0. The molecule has 0 bridgehead atoms. The van der Waals surface area contributed by atoms with Crippen molar-refractivity contribution >= 4 is 17.4 Å². The number of nitrogens with zero attached hydrogens (tertiary/aromatic N) is 2. The zero-order valence-corrected chi connectivity index (χ0v) is 14.9. The number of benzene rings is 1. The molecule has 1 aromatic carbocycles. The Morgan fingerprint density at radius 3 is 2.52 bits per heavy atom. The van der Waals surface area contributed by atoms with Gasteiger partial charge in [-0.1, -0.05) is 44.2 Å². The molecule has 1 fully saturated rings. The minimum Gasteiger partial charge on any atom is -0.396 e. The second kappa shape index (κ2) is 7.40. The Hall–Kier alpha value is -2.14. The molecule has 1 aromatic rings. The molecule has 5 nitrogen and oxygen atoms in total. The molecular weight excluding hydrogens is 316 g/mol. The lowest BCUT2D eigenvalue weighted by molar-refractivity contribution is -0.138. The average molecular weight is 342 g/mol. The Balaban J connectivity index is 2.02. The van der Waals surface area contributed by atoms with Gasteiger partial charge in [0.25, 0.3) is 11.8 Å². The van der Waals surface area contributed by atoms with Crippen molar-refractivity contribution in [3.63, 3.8) is 0 Å². The zero-order chi connectivity index (χ0) is 18.0. The van der Waals surface area contributed by atoms with Gasteiger partial charge >= 0.3 is 0 Å². The number of hydrogen-bond acceptors (Lipinski definition) is 4. The van der Waals surface area contributed by atoms with Crippen LogP contribution in [0, 0.1) is 11.8 Å². The topological polar surface area (TPSA) is 60.9 Å². The lowest BCUT2D eigenvalue weighted by atomic mass is 9.97. The van der Waals surface area contributed by atoms with Gasteiger partial charge in [0.15, 0.2) is 0 Å². The van der Waals surface area contributed by atoms with E-state index in [1.807, 2.05) is 49.1 Å². The van der Waals surface area contributed by atoms with Crippen molar-refractivity contribution < 1.29 is 14.7 Å². The van der Waals surface area contributed by atoms with E-state index in [-0.39, 0.29) is 30.3 Å². The molecule has 134 valence electrons. The number of aliphatic hydroxyl groups is 1. The predicted octanol–water partition coefficient (Wildman–Crippen LogP) is 2.13. The summed E-state index contributed by atoms with van der Waals surface area (Å²) in [4.78, 5) is 29.5. The van der Waals surface area contributed by atoms with Crippen LogP contribution in [-0.2, 0) is 9.59 Å². The van der Waals surface area contributed by atoms with Gasteiger partial charge in [0.2, 0.25) is 0 Å². The zero-order valence-electron chi connectivity index (χ0n) is 14.9. The average Bonchev–Trinajstić information content (AvgIpc) is 2.86. The van der Waals surface area contributed by atoms with Gasteiger partial charge in [0, 0.05) is 26.2 Å². The first-order valence-electron chi connectivity index (χ1n) is 9.04. The number of hydrogen-bond donors (Lipinski definition) is 1. The van der Waals surface area contributed by atoms with E-state index in [4.69, 9.17) is 0 Å². The fourth-order valence-electron chi connectivity index (χ4n) is 3.67. The van der Waals surface area contributed by atoms with Crippen LogP contribution < -0.4 is 0 Å². The van der Waals surface area contributed by atoms with Gasteiger partial charge in [-0.3, -0.25) is 14.5 Å². The molecule has 5 heteroatoms. The molecule has 0 aromatic heterocycles. The highest BCUT2D eigenvalue weighted by atomic mass is 16.3. The van der Waals surface area contributed by atoms with Gasteiger partial charge in [0.05, 0.1) is 5.57 Å². The van der Waals surface area contributed by atoms with E-state index in [9.17, 15) is 14.7 Å². The Kier molecular flexibility index (Phi) is 5.23. The molecule has 0 aliphatic carbocycles. The third kappa shape index (κ3) is 3.47. The van der Waals surface area contributed by atoms with E-state index in [0.29, 0.717) is 24.4 Å². The summed E-state index contributed by atoms with van der Waals surface area (Å²) in [5.74, 6) is -0.0293. The molecule has 2 heterocycles.